The van der Waals surface area contributed by atoms with Crippen molar-refractivity contribution in [1.29, 1.82) is 0 Å². The first kappa shape index (κ1) is 22.6. The van der Waals surface area contributed by atoms with E-state index in [-0.39, 0.29) is 0 Å². The molecule has 0 aliphatic carbocycles. The molecule has 0 amide bonds. The van der Waals surface area contributed by atoms with E-state index in [9.17, 15) is 0 Å². The molecule has 1 aromatic carbocycles. The quantitative estimate of drug-likeness (QED) is 0.568. The van der Waals surface area contributed by atoms with Crippen molar-refractivity contribution in [3.8, 4) is 0 Å². The Balaban J connectivity index is -0.000000189. The molecule has 3 N–H and O–H groups in total. The van der Waals surface area contributed by atoms with Crippen LogP contribution in [-0.4, -0.2) is 55.8 Å². The third-order valence-corrected chi connectivity index (χ3v) is 1.90. The van der Waals surface area contributed by atoms with Gasteiger partial charge in [0.15, 0.2) is 0 Å². The van der Waals surface area contributed by atoms with Crippen molar-refractivity contribution < 1.29 is 29.7 Å². The number of carboxylic acids is 3. The van der Waals surface area contributed by atoms with Crippen LogP contribution in [0.5, 0.6) is 0 Å². The summed E-state index contributed by atoms with van der Waals surface area (Å²) < 4.78 is 1.45. The van der Waals surface area contributed by atoms with E-state index in [0.717, 1.165) is 20.8 Å². The zero-order chi connectivity index (χ0) is 15.8. The zero-order valence-electron chi connectivity index (χ0n) is 11.0. The Morgan fingerprint density at radius 2 is 1.00 bits per heavy atom. The molecule has 0 aromatic heterocycles. The van der Waals surface area contributed by atoms with Crippen LogP contribution in [-0.2, 0) is 14.4 Å². The molecule has 0 bridgehead atoms. The van der Waals surface area contributed by atoms with Gasteiger partial charge in [0, 0.05) is 20.8 Å². The first-order valence-electron chi connectivity index (χ1n) is 4.98. The molecule has 1 aromatic rings. The van der Waals surface area contributed by atoms with E-state index in [1.807, 2.05) is 6.07 Å². The molecule has 0 atom stereocenters. The second-order valence-electron chi connectivity index (χ2n) is 2.97. The van der Waals surface area contributed by atoms with Gasteiger partial charge in [-0.15, -0.1) is 0 Å². The Hall–Kier alpha value is -1.57. The van der Waals surface area contributed by atoms with Crippen LogP contribution in [0.4, 0.5) is 0 Å². The number of carboxylic acid groups (broad SMARTS) is 3. The summed E-state index contributed by atoms with van der Waals surface area (Å²) in [6.45, 7) is 3.25. The van der Waals surface area contributed by atoms with Gasteiger partial charge in [-0.2, -0.15) is 0 Å². The van der Waals surface area contributed by atoms with Gasteiger partial charge in [0.2, 0.25) is 0 Å². The summed E-state index contributed by atoms with van der Waals surface area (Å²) in [5.74, 6) is -2.50. The molecular weight excluding hydrogens is 359 g/mol. The summed E-state index contributed by atoms with van der Waals surface area (Å²) in [6, 6.07) is 10.5. The van der Waals surface area contributed by atoms with Crippen LogP contribution in [0.25, 0.3) is 0 Å². The molecule has 0 heterocycles. The van der Waals surface area contributed by atoms with Crippen LogP contribution in [0.2, 0.25) is 0 Å². The van der Waals surface area contributed by atoms with Crippen LogP contribution in [0.3, 0.4) is 0 Å². The molecule has 0 saturated heterocycles. The SMILES string of the molecule is CC(=O)O.CC(=O)O.CC(=O)O.[SnH][c]1ccccc1. The van der Waals surface area contributed by atoms with Gasteiger partial charge in [-0.3, -0.25) is 14.4 Å². The van der Waals surface area contributed by atoms with Crippen molar-refractivity contribution >= 4 is 44.0 Å². The summed E-state index contributed by atoms with van der Waals surface area (Å²) in [5, 5.41) is 22.2. The molecule has 0 saturated carbocycles. The van der Waals surface area contributed by atoms with Crippen molar-refractivity contribution in [2.45, 2.75) is 20.8 Å². The normalized spacial score (nSPS) is 7.16. The molecule has 0 unspecified atom stereocenters. The van der Waals surface area contributed by atoms with E-state index < -0.39 is 17.9 Å². The van der Waals surface area contributed by atoms with Crippen LogP contribution < -0.4 is 3.58 Å². The van der Waals surface area contributed by atoms with E-state index >= 15 is 0 Å². The Labute approximate surface area is 125 Å². The fourth-order valence-corrected chi connectivity index (χ4v) is 1.09. The molecule has 0 spiro atoms. The predicted octanol–water partition coefficient (Wildman–Crippen LogP) is 0.485. The minimum atomic E-state index is -0.833. The zero-order valence-corrected chi connectivity index (χ0v) is 14.3. The van der Waals surface area contributed by atoms with Crippen molar-refractivity contribution in [2.24, 2.45) is 0 Å². The van der Waals surface area contributed by atoms with Gasteiger partial charge < -0.3 is 15.3 Å². The van der Waals surface area contributed by atoms with Crippen LogP contribution in [0.1, 0.15) is 20.8 Å². The third kappa shape index (κ3) is 82.8. The Kier molecular flexibility index (Phi) is 19.5. The van der Waals surface area contributed by atoms with E-state index in [4.69, 9.17) is 29.7 Å². The first-order chi connectivity index (χ1) is 8.59. The summed E-state index contributed by atoms with van der Waals surface area (Å²) in [4.78, 5) is 27.0. The molecular formula is C12H18O6Sn. The predicted molar refractivity (Wildman–Crippen MR) is 73.2 cm³/mol. The Morgan fingerprint density at radius 3 is 1.11 bits per heavy atom. The van der Waals surface area contributed by atoms with Gasteiger partial charge in [0.05, 0.1) is 0 Å². The maximum absolute atomic E-state index is 9.00. The van der Waals surface area contributed by atoms with E-state index in [2.05, 4.69) is 24.3 Å². The molecule has 19 heavy (non-hydrogen) atoms. The van der Waals surface area contributed by atoms with Crippen LogP contribution >= 0.6 is 0 Å². The van der Waals surface area contributed by atoms with Gasteiger partial charge in [-0.05, 0) is 0 Å². The van der Waals surface area contributed by atoms with Gasteiger partial charge in [0.1, 0.15) is 0 Å². The number of rotatable bonds is 0. The first-order valence-corrected chi connectivity index (χ1v) is 6.63. The second-order valence-corrected chi connectivity index (χ2v) is 4.87. The molecule has 106 valence electrons. The molecule has 0 fully saturated rings. The van der Waals surface area contributed by atoms with E-state index in [1.54, 1.807) is 0 Å². The van der Waals surface area contributed by atoms with Crippen LogP contribution in [0, 0.1) is 0 Å². The van der Waals surface area contributed by atoms with Gasteiger partial charge >= 0.3 is 56.4 Å². The molecule has 1 rings (SSSR count). The van der Waals surface area contributed by atoms with E-state index in [1.165, 1.54) is 26.1 Å². The Morgan fingerprint density at radius 1 is 0.789 bits per heavy atom. The average molecular weight is 377 g/mol. The number of aliphatic carboxylic acids is 3. The summed E-state index contributed by atoms with van der Waals surface area (Å²) in [7, 11) is 0. The summed E-state index contributed by atoms with van der Waals surface area (Å²) in [6.07, 6.45) is 0. The number of hydrogen-bond donors (Lipinski definition) is 3. The fraction of sp³-hybridized carbons (Fsp3) is 0.250. The van der Waals surface area contributed by atoms with Crippen molar-refractivity contribution in [3.63, 3.8) is 0 Å². The maximum atomic E-state index is 9.00. The Bertz CT molecular complexity index is 323. The van der Waals surface area contributed by atoms with Crippen molar-refractivity contribution in [1.82, 2.24) is 0 Å². The minimum absolute atomic E-state index is 0.833. The van der Waals surface area contributed by atoms with Crippen molar-refractivity contribution in [2.75, 3.05) is 0 Å². The topological polar surface area (TPSA) is 112 Å². The van der Waals surface area contributed by atoms with Crippen LogP contribution in [0.15, 0.2) is 30.3 Å². The molecule has 0 aliphatic heterocycles. The second kappa shape index (κ2) is 16.4. The summed E-state index contributed by atoms with van der Waals surface area (Å²) >= 11 is 1.23. The molecule has 2 radical (unpaired) electrons. The molecule has 7 heteroatoms. The standard InChI is InChI=1S/C6H5.3C2H4O2.Sn.H/c1-2-4-6-5-3-1;3*1-2(3)4;;/h1-5H;3*1H3,(H,3,4);;. The average Bonchev–Trinajstić information content (AvgIpc) is 2.15. The van der Waals surface area contributed by atoms with E-state index in [0.29, 0.717) is 0 Å². The third-order valence-electron chi connectivity index (χ3n) is 0.800. The monoisotopic (exact) mass is 378 g/mol. The fourth-order valence-electron chi connectivity index (χ4n) is 0.453. The van der Waals surface area contributed by atoms with Gasteiger partial charge in [-0.1, -0.05) is 0 Å². The van der Waals surface area contributed by atoms with Crippen molar-refractivity contribution in [3.05, 3.63) is 30.3 Å². The number of carbonyl (C=O) groups is 3. The molecule has 0 aliphatic rings. The number of benzene rings is 1. The number of hydrogen-bond acceptors (Lipinski definition) is 3. The van der Waals surface area contributed by atoms with Gasteiger partial charge in [-0.25, -0.2) is 0 Å². The van der Waals surface area contributed by atoms with Gasteiger partial charge in [0.25, 0.3) is 17.9 Å². The molecule has 6 nitrogen and oxygen atoms in total. The summed E-state index contributed by atoms with van der Waals surface area (Å²) in [5.41, 5.74) is 0.